The molecule has 0 aromatic carbocycles. The second kappa shape index (κ2) is 5.67. The van der Waals surface area contributed by atoms with Gasteiger partial charge in [0.15, 0.2) is 0 Å². The third kappa shape index (κ3) is 4.66. The van der Waals surface area contributed by atoms with Crippen LogP contribution in [0.3, 0.4) is 0 Å². The molecule has 0 aliphatic carbocycles. The van der Waals surface area contributed by atoms with Crippen molar-refractivity contribution < 1.29 is 14.6 Å². The van der Waals surface area contributed by atoms with Crippen LogP contribution in [-0.2, 0) is 4.74 Å². The Morgan fingerprint density at radius 2 is 1.79 bits per heavy atom. The highest BCUT2D eigenvalue weighted by molar-refractivity contribution is 5.68. The number of rotatable bonds is 1. The van der Waals surface area contributed by atoms with Crippen LogP contribution in [0.15, 0.2) is 0 Å². The maximum Gasteiger partial charge on any atom is 0.410 e. The SMILES string of the molecule is CC(C)(C)OC(=O)N1CCN(C(C)(C)C)[C@H](CO)C1. The summed E-state index contributed by atoms with van der Waals surface area (Å²) in [6.45, 7) is 13.9. The molecular formula is C14H28N2O3. The van der Waals surface area contributed by atoms with E-state index in [4.69, 9.17) is 4.74 Å². The fourth-order valence-electron chi connectivity index (χ4n) is 2.39. The van der Waals surface area contributed by atoms with Crippen LogP contribution in [-0.4, -0.2) is 64.4 Å². The first-order valence-electron chi connectivity index (χ1n) is 6.90. The Bertz CT molecular complexity index is 318. The summed E-state index contributed by atoms with van der Waals surface area (Å²) >= 11 is 0. The van der Waals surface area contributed by atoms with Gasteiger partial charge in [0.25, 0.3) is 0 Å². The number of carbonyl (C=O) groups excluding carboxylic acids is 1. The molecule has 19 heavy (non-hydrogen) atoms. The number of piperazine rings is 1. The average Bonchev–Trinajstić information content (AvgIpc) is 2.24. The molecule has 1 rings (SSSR count). The van der Waals surface area contributed by atoms with Gasteiger partial charge in [-0.3, -0.25) is 4.90 Å². The lowest BCUT2D eigenvalue weighted by Gasteiger charge is -2.47. The zero-order valence-corrected chi connectivity index (χ0v) is 13.1. The largest absolute Gasteiger partial charge is 0.444 e. The first-order chi connectivity index (χ1) is 8.54. The van der Waals surface area contributed by atoms with E-state index >= 15 is 0 Å². The highest BCUT2D eigenvalue weighted by atomic mass is 16.6. The lowest BCUT2D eigenvalue weighted by Crippen LogP contribution is -2.61. The van der Waals surface area contributed by atoms with E-state index < -0.39 is 5.60 Å². The van der Waals surface area contributed by atoms with Gasteiger partial charge in [0, 0.05) is 25.2 Å². The number of carbonyl (C=O) groups is 1. The zero-order chi connectivity index (χ0) is 14.8. The van der Waals surface area contributed by atoms with Gasteiger partial charge in [-0.25, -0.2) is 4.79 Å². The Morgan fingerprint density at radius 3 is 2.21 bits per heavy atom. The molecule has 5 heteroatoms. The van der Waals surface area contributed by atoms with Crippen molar-refractivity contribution in [3.05, 3.63) is 0 Å². The molecule has 1 saturated heterocycles. The summed E-state index contributed by atoms with van der Waals surface area (Å²) in [6, 6.07) is -0.0266. The van der Waals surface area contributed by atoms with Gasteiger partial charge >= 0.3 is 6.09 Å². The minimum absolute atomic E-state index is 0.00653. The first kappa shape index (κ1) is 16.2. The third-order valence-corrected chi connectivity index (χ3v) is 3.21. The Labute approximate surface area is 116 Å². The van der Waals surface area contributed by atoms with Crippen molar-refractivity contribution in [3.8, 4) is 0 Å². The summed E-state index contributed by atoms with van der Waals surface area (Å²) in [5.74, 6) is 0. The second-order valence-corrected chi connectivity index (χ2v) is 7.13. The minimum Gasteiger partial charge on any atom is -0.444 e. The minimum atomic E-state index is -0.479. The number of aliphatic hydroxyl groups excluding tert-OH is 1. The monoisotopic (exact) mass is 272 g/mol. The lowest BCUT2D eigenvalue weighted by molar-refractivity contribution is -0.0298. The van der Waals surface area contributed by atoms with E-state index in [9.17, 15) is 9.90 Å². The molecule has 1 N–H and O–H groups in total. The number of nitrogens with zero attached hydrogens (tertiary/aromatic N) is 2. The van der Waals surface area contributed by atoms with Crippen LogP contribution >= 0.6 is 0 Å². The van der Waals surface area contributed by atoms with Crippen LogP contribution in [0.1, 0.15) is 41.5 Å². The van der Waals surface area contributed by atoms with E-state index in [1.807, 2.05) is 20.8 Å². The summed E-state index contributed by atoms with van der Waals surface area (Å²) in [4.78, 5) is 16.0. The van der Waals surface area contributed by atoms with Crippen LogP contribution in [0.5, 0.6) is 0 Å². The first-order valence-corrected chi connectivity index (χ1v) is 6.90. The molecular weight excluding hydrogens is 244 g/mol. The normalized spacial score (nSPS) is 22.5. The van der Waals surface area contributed by atoms with Crippen molar-refractivity contribution in [2.45, 2.75) is 58.7 Å². The van der Waals surface area contributed by atoms with Crippen molar-refractivity contribution in [1.82, 2.24) is 9.80 Å². The molecule has 0 unspecified atom stereocenters. The fraction of sp³-hybridized carbons (Fsp3) is 0.929. The average molecular weight is 272 g/mol. The maximum absolute atomic E-state index is 12.0. The van der Waals surface area contributed by atoms with E-state index in [2.05, 4.69) is 25.7 Å². The molecule has 1 fully saturated rings. The van der Waals surface area contributed by atoms with Gasteiger partial charge in [0.1, 0.15) is 5.60 Å². The Morgan fingerprint density at radius 1 is 1.21 bits per heavy atom. The molecule has 0 spiro atoms. The van der Waals surface area contributed by atoms with E-state index in [1.165, 1.54) is 0 Å². The van der Waals surface area contributed by atoms with Crippen LogP contribution in [0.2, 0.25) is 0 Å². The quantitative estimate of drug-likeness (QED) is 0.789. The summed E-state index contributed by atoms with van der Waals surface area (Å²) in [5, 5.41) is 9.54. The van der Waals surface area contributed by atoms with Crippen molar-refractivity contribution in [2.75, 3.05) is 26.2 Å². The number of amides is 1. The standard InChI is InChI=1S/C14H28N2O3/c1-13(2,3)16-8-7-15(9-11(16)10-17)12(18)19-14(4,5)6/h11,17H,7-10H2,1-6H3/t11-/m0/s1. The molecule has 1 aliphatic rings. The number of hydrogen-bond donors (Lipinski definition) is 1. The lowest BCUT2D eigenvalue weighted by atomic mass is 10.0. The Kier molecular flexibility index (Phi) is 4.85. The Hall–Kier alpha value is -0.810. The molecule has 1 heterocycles. The van der Waals surface area contributed by atoms with Gasteiger partial charge in [-0.05, 0) is 41.5 Å². The fourth-order valence-corrected chi connectivity index (χ4v) is 2.39. The summed E-state index contributed by atoms with van der Waals surface area (Å²) in [6.07, 6.45) is -0.292. The molecule has 0 saturated carbocycles. The molecule has 1 aliphatic heterocycles. The van der Waals surface area contributed by atoms with Crippen LogP contribution < -0.4 is 0 Å². The summed E-state index contributed by atoms with van der Waals surface area (Å²) in [7, 11) is 0. The van der Waals surface area contributed by atoms with Crippen molar-refractivity contribution in [3.63, 3.8) is 0 Å². The summed E-state index contributed by atoms with van der Waals surface area (Å²) < 4.78 is 5.38. The van der Waals surface area contributed by atoms with Crippen molar-refractivity contribution in [2.24, 2.45) is 0 Å². The van der Waals surface area contributed by atoms with Gasteiger partial charge in [0.05, 0.1) is 12.6 Å². The van der Waals surface area contributed by atoms with Gasteiger partial charge in [0.2, 0.25) is 0 Å². The van der Waals surface area contributed by atoms with E-state index in [-0.39, 0.29) is 24.3 Å². The third-order valence-electron chi connectivity index (χ3n) is 3.21. The van der Waals surface area contributed by atoms with Gasteiger partial charge in [-0.15, -0.1) is 0 Å². The molecule has 1 amide bonds. The van der Waals surface area contributed by atoms with Crippen LogP contribution in [0.4, 0.5) is 4.79 Å². The maximum atomic E-state index is 12.0. The highest BCUT2D eigenvalue weighted by Crippen LogP contribution is 2.22. The number of aliphatic hydroxyl groups is 1. The Balaban J connectivity index is 2.67. The molecule has 5 nitrogen and oxygen atoms in total. The molecule has 1 atom stereocenters. The molecule has 0 radical (unpaired) electrons. The van der Waals surface area contributed by atoms with Gasteiger partial charge in [-0.1, -0.05) is 0 Å². The number of ether oxygens (including phenoxy) is 1. The summed E-state index contributed by atoms with van der Waals surface area (Å²) in [5.41, 5.74) is -0.486. The molecule has 0 aromatic heterocycles. The molecule has 0 aromatic rings. The number of hydrogen-bond acceptors (Lipinski definition) is 4. The highest BCUT2D eigenvalue weighted by Gasteiger charge is 2.36. The predicted octanol–water partition coefficient (Wildman–Crippen LogP) is 1.70. The smallest absolute Gasteiger partial charge is 0.410 e. The second-order valence-electron chi connectivity index (χ2n) is 7.13. The van der Waals surface area contributed by atoms with Crippen molar-refractivity contribution >= 4 is 6.09 Å². The van der Waals surface area contributed by atoms with E-state index in [1.54, 1.807) is 4.90 Å². The topological polar surface area (TPSA) is 53.0 Å². The van der Waals surface area contributed by atoms with E-state index in [0.29, 0.717) is 13.1 Å². The zero-order valence-electron chi connectivity index (χ0n) is 13.1. The van der Waals surface area contributed by atoms with Crippen LogP contribution in [0, 0.1) is 0 Å². The van der Waals surface area contributed by atoms with Gasteiger partial charge in [-0.2, -0.15) is 0 Å². The van der Waals surface area contributed by atoms with Gasteiger partial charge < -0.3 is 14.7 Å². The van der Waals surface area contributed by atoms with Crippen molar-refractivity contribution in [1.29, 1.82) is 0 Å². The van der Waals surface area contributed by atoms with Crippen LogP contribution in [0.25, 0.3) is 0 Å². The molecule has 0 bridgehead atoms. The predicted molar refractivity (Wildman–Crippen MR) is 75.1 cm³/mol. The van der Waals surface area contributed by atoms with E-state index in [0.717, 1.165) is 6.54 Å². The molecule has 112 valence electrons.